The molecular formula is C6H16O4Zn. The Morgan fingerprint density at radius 2 is 1.18 bits per heavy atom. The maximum Gasteiger partial charge on any atom is 0.0693 e. The average Bonchev–Trinajstić information content (AvgIpc) is 1.93. The standard InChI is InChI=1S/2C3H8O2.Zn/c2*1-5-3-2-4;/h2*4H,2-3H2,1H3;. The second-order valence-corrected chi connectivity index (χ2v) is 1.43. The van der Waals surface area contributed by atoms with Crippen molar-refractivity contribution in [1.29, 1.82) is 0 Å². The number of ether oxygens (including phenoxy) is 2. The molecule has 11 heavy (non-hydrogen) atoms. The number of aliphatic hydroxyl groups excluding tert-OH is 2. The molecule has 0 bridgehead atoms. The number of aliphatic hydroxyl groups is 2. The fourth-order valence-electron chi connectivity index (χ4n) is 0.183. The Labute approximate surface area is 80.3 Å². The van der Waals surface area contributed by atoms with E-state index in [2.05, 4.69) is 9.47 Å². The first-order valence-electron chi connectivity index (χ1n) is 3.03. The smallest absolute Gasteiger partial charge is 0.0693 e. The summed E-state index contributed by atoms with van der Waals surface area (Å²) in [6.07, 6.45) is 0. The summed E-state index contributed by atoms with van der Waals surface area (Å²) in [5.41, 5.74) is 0. The van der Waals surface area contributed by atoms with Gasteiger partial charge in [0, 0.05) is 33.7 Å². The summed E-state index contributed by atoms with van der Waals surface area (Å²) in [6.45, 7) is 1.13. The second kappa shape index (κ2) is 22.4. The molecule has 0 unspecified atom stereocenters. The Balaban J connectivity index is -0.000000107. The van der Waals surface area contributed by atoms with Crippen LogP contribution >= 0.6 is 0 Å². The van der Waals surface area contributed by atoms with Gasteiger partial charge in [0.25, 0.3) is 0 Å². The molecule has 5 heteroatoms. The first kappa shape index (κ1) is 17.5. The normalized spacial score (nSPS) is 7.64. The molecule has 4 nitrogen and oxygen atoms in total. The molecule has 0 amide bonds. The van der Waals surface area contributed by atoms with E-state index in [1.807, 2.05) is 0 Å². The summed E-state index contributed by atoms with van der Waals surface area (Å²) >= 11 is 0. The van der Waals surface area contributed by atoms with Crippen molar-refractivity contribution in [2.75, 3.05) is 40.6 Å². The maximum absolute atomic E-state index is 7.94. The van der Waals surface area contributed by atoms with Crippen LogP contribution in [0.4, 0.5) is 0 Å². The predicted octanol–water partition coefficient (Wildman–Crippen LogP) is -0.752. The van der Waals surface area contributed by atoms with Crippen molar-refractivity contribution in [2.24, 2.45) is 0 Å². The van der Waals surface area contributed by atoms with E-state index in [0.29, 0.717) is 13.2 Å². The van der Waals surface area contributed by atoms with Crippen LogP contribution in [0.5, 0.6) is 0 Å². The number of rotatable bonds is 4. The van der Waals surface area contributed by atoms with Gasteiger partial charge < -0.3 is 19.7 Å². The SMILES string of the molecule is COCCO.COCCO.[Zn]. The molecule has 66 valence electrons. The van der Waals surface area contributed by atoms with Gasteiger partial charge in [-0.3, -0.25) is 0 Å². The molecule has 0 radical (unpaired) electrons. The fraction of sp³-hybridized carbons (Fsp3) is 1.00. The van der Waals surface area contributed by atoms with E-state index in [4.69, 9.17) is 10.2 Å². The van der Waals surface area contributed by atoms with E-state index in [-0.39, 0.29) is 32.7 Å². The van der Waals surface area contributed by atoms with Crippen molar-refractivity contribution < 1.29 is 39.2 Å². The van der Waals surface area contributed by atoms with Gasteiger partial charge in [-0.2, -0.15) is 0 Å². The largest absolute Gasteiger partial charge is 0.394 e. The van der Waals surface area contributed by atoms with Crippen LogP contribution in [0.2, 0.25) is 0 Å². The molecule has 0 aliphatic carbocycles. The third kappa shape index (κ3) is 37.6. The quantitative estimate of drug-likeness (QED) is 0.609. The summed E-state index contributed by atoms with van der Waals surface area (Å²) in [4.78, 5) is 0. The number of hydrogen-bond donors (Lipinski definition) is 2. The molecule has 0 atom stereocenters. The average molecular weight is 218 g/mol. The monoisotopic (exact) mass is 216 g/mol. The van der Waals surface area contributed by atoms with Crippen LogP contribution in [0.15, 0.2) is 0 Å². The second-order valence-electron chi connectivity index (χ2n) is 1.43. The Morgan fingerprint density at radius 3 is 1.18 bits per heavy atom. The van der Waals surface area contributed by atoms with Crippen LogP contribution in [0.25, 0.3) is 0 Å². The van der Waals surface area contributed by atoms with Crippen molar-refractivity contribution in [3.8, 4) is 0 Å². The van der Waals surface area contributed by atoms with Crippen molar-refractivity contribution >= 4 is 0 Å². The van der Waals surface area contributed by atoms with Gasteiger partial charge in [-0.25, -0.2) is 0 Å². The van der Waals surface area contributed by atoms with Gasteiger partial charge in [0.2, 0.25) is 0 Å². The Bertz CT molecular complexity index is 35.6. The Hall–Kier alpha value is 0.463. The van der Waals surface area contributed by atoms with Crippen molar-refractivity contribution in [3.05, 3.63) is 0 Å². The Kier molecular flexibility index (Phi) is 35.7. The van der Waals surface area contributed by atoms with Crippen molar-refractivity contribution in [1.82, 2.24) is 0 Å². The molecule has 0 spiro atoms. The zero-order valence-electron chi connectivity index (χ0n) is 7.25. The van der Waals surface area contributed by atoms with Crippen LogP contribution in [0.1, 0.15) is 0 Å². The van der Waals surface area contributed by atoms with Gasteiger partial charge in [-0.1, -0.05) is 0 Å². The van der Waals surface area contributed by atoms with Crippen molar-refractivity contribution in [3.63, 3.8) is 0 Å². The van der Waals surface area contributed by atoms with E-state index >= 15 is 0 Å². The number of methoxy groups -OCH3 is 2. The van der Waals surface area contributed by atoms with Crippen LogP contribution < -0.4 is 0 Å². The molecule has 0 aromatic rings. The molecular weight excluding hydrogens is 201 g/mol. The first-order chi connectivity index (χ1) is 4.83. The third-order valence-corrected chi connectivity index (χ3v) is 0.591. The van der Waals surface area contributed by atoms with E-state index in [1.54, 1.807) is 14.2 Å². The zero-order chi connectivity index (χ0) is 8.24. The summed E-state index contributed by atoms with van der Waals surface area (Å²) < 4.78 is 8.88. The Morgan fingerprint density at radius 1 is 0.909 bits per heavy atom. The molecule has 2 N–H and O–H groups in total. The van der Waals surface area contributed by atoms with Gasteiger partial charge in [0.1, 0.15) is 0 Å². The summed E-state index contributed by atoms with van der Waals surface area (Å²) in [7, 11) is 3.10. The van der Waals surface area contributed by atoms with Crippen LogP contribution in [0, 0.1) is 0 Å². The summed E-state index contributed by atoms with van der Waals surface area (Å²) in [5.74, 6) is 0. The van der Waals surface area contributed by atoms with Gasteiger partial charge in [0.15, 0.2) is 0 Å². The van der Waals surface area contributed by atoms with Crippen molar-refractivity contribution in [2.45, 2.75) is 0 Å². The molecule has 0 aliphatic rings. The molecule has 0 saturated heterocycles. The van der Waals surface area contributed by atoms with Gasteiger partial charge >= 0.3 is 0 Å². The van der Waals surface area contributed by atoms with E-state index in [1.165, 1.54) is 0 Å². The summed E-state index contributed by atoms with van der Waals surface area (Å²) in [6, 6.07) is 0. The van der Waals surface area contributed by atoms with Gasteiger partial charge in [0.05, 0.1) is 26.4 Å². The third-order valence-electron chi connectivity index (χ3n) is 0.591. The predicted molar refractivity (Wildman–Crippen MR) is 37.9 cm³/mol. The van der Waals surface area contributed by atoms with Gasteiger partial charge in [-0.05, 0) is 0 Å². The molecule has 0 aromatic carbocycles. The molecule has 0 saturated carbocycles. The maximum atomic E-state index is 7.94. The van der Waals surface area contributed by atoms with Crippen LogP contribution in [-0.2, 0) is 29.0 Å². The summed E-state index contributed by atoms with van der Waals surface area (Å²) in [5, 5.41) is 15.9. The van der Waals surface area contributed by atoms with Crippen LogP contribution in [0.3, 0.4) is 0 Å². The van der Waals surface area contributed by atoms with E-state index in [9.17, 15) is 0 Å². The molecule has 0 aliphatic heterocycles. The molecule has 0 rings (SSSR count). The minimum absolute atomic E-state index is 0. The van der Waals surface area contributed by atoms with E-state index in [0.717, 1.165) is 0 Å². The molecule has 0 heterocycles. The number of hydrogen-bond acceptors (Lipinski definition) is 4. The van der Waals surface area contributed by atoms with E-state index < -0.39 is 0 Å². The topological polar surface area (TPSA) is 58.9 Å². The molecule has 0 fully saturated rings. The minimum Gasteiger partial charge on any atom is -0.394 e. The first-order valence-corrected chi connectivity index (χ1v) is 3.03. The molecule has 0 aromatic heterocycles. The van der Waals surface area contributed by atoms with Crippen LogP contribution in [-0.4, -0.2) is 50.9 Å². The van der Waals surface area contributed by atoms with Gasteiger partial charge in [-0.15, -0.1) is 0 Å². The fourth-order valence-corrected chi connectivity index (χ4v) is 0.183. The zero-order valence-corrected chi connectivity index (χ0v) is 10.2. The minimum atomic E-state index is 0.